The number of hydrogen-bond acceptors (Lipinski definition) is 4. The topological polar surface area (TPSA) is 59.0 Å². The number of carbonyl (C=O) groups excluding carboxylic acids is 1. The molecule has 78 valence electrons. The number of hydrogen-bond donors (Lipinski definition) is 1. The van der Waals surface area contributed by atoms with Crippen LogP contribution in [-0.2, 0) is 14.3 Å². The molecule has 14 heavy (non-hydrogen) atoms. The first-order valence-electron chi connectivity index (χ1n) is 4.91. The summed E-state index contributed by atoms with van der Waals surface area (Å²) in [4.78, 5) is 13.3. The normalized spacial score (nSPS) is 50.3. The summed E-state index contributed by atoms with van der Waals surface area (Å²) in [7, 11) is 1.55. The Morgan fingerprint density at radius 2 is 2.43 bits per heavy atom. The second kappa shape index (κ2) is 2.68. The van der Waals surface area contributed by atoms with Crippen LogP contribution in [0.3, 0.4) is 0 Å². The van der Waals surface area contributed by atoms with Gasteiger partial charge in [0, 0.05) is 13.7 Å². The molecule has 0 unspecified atom stereocenters. The predicted octanol–water partition coefficient (Wildman–Crippen LogP) is -1.05. The number of ether oxygens (including phenoxy) is 2. The molecule has 5 heteroatoms. The van der Waals surface area contributed by atoms with E-state index in [2.05, 4.69) is 0 Å². The average Bonchev–Trinajstić information content (AvgIpc) is 2.77. The predicted molar refractivity (Wildman–Crippen MR) is 45.3 cm³/mol. The lowest BCUT2D eigenvalue weighted by atomic mass is 9.97. The van der Waals surface area contributed by atoms with Gasteiger partial charge >= 0.3 is 0 Å². The fourth-order valence-corrected chi connectivity index (χ4v) is 2.95. The van der Waals surface area contributed by atoms with E-state index in [1.807, 2.05) is 0 Å². The Morgan fingerprint density at radius 3 is 3.14 bits per heavy atom. The zero-order chi connectivity index (χ0) is 9.87. The summed E-state index contributed by atoms with van der Waals surface area (Å²) in [6.45, 7) is 0.707. The number of carbonyl (C=O) groups is 1. The van der Waals surface area contributed by atoms with E-state index in [0.717, 1.165) is 6.42 Å². The Hall–Kier alpha value is -0.650. The molecule has 1 N–H and O–H groups in total. The van der Waals surface area contributed by atoms with Gasteiger partial charge in [-0.25, -0.2) is 0 Å². The van der Waals surface area contributed by atoms with Crippen molar-refractivity contribution in [3.63, 3.8) is 0 Å². The van der Waals surface area contributed by atoms with Gasteiger partial charge in [0.25, 0.3) is 5.91 Å². The Balaban J connectivity index is 1.96. The minimum atomic E-state index is -0.935. The molecule has 1 amide bonds. The van der Waals surface area contributed by atoms with E-state index in [9.17, 15) is 9.90 Å². The number of nitrogens with zero attached hydrogens (tertiary/aromatic N) is 1. The molecule has 0 spiro atoms. The van der Waals surface area contributed by atoms with Gasteiger partial charge in [0.2, 0.25) is 0 Å². The van der Waals surface area contributed by atoms with E-state index in [4.69, 9.17) is 9.47 Å². The van der Waals surface area contributed by atoms with Crippen LogP contribution in [0.15, 0.2) is 0 Å². The minimum absolute atomic E-state index is 0.0439. The summed E-state index contributed by atoms with van der Waals surface area (Å²) in [5.41, 5.74) is 0. The van der Waals surface area contributed by atoms with Crippen molar-refractivity contribution in [2.45, 2.75) is 31.0 Å². The molecule has 0 bridgehead atoms. The summed E-state index contributed by atoms with van der Waals surface area (Å²) >= 11 is 0. The van der Waals surface area contributed by atoms with E-state index in [-0.39, 0.29) is 24.0 Å². The van der Waals surface area contributed by atoms with Crippen LogP contribution < -0.4 is 0 Å². The van der Waals surface area contributed by atoms with Crippen LogP contribution in [0.5, 0.6) is 0 Å². The lowest BCUT2D eigenvalue weighted by Gasteiger charge is -2.16. The Kier molecular flexibility index (Phi) is 1.66. The van der Waals surface area contributed by atoms with Crippen LogP contribution in [0, 0.1) is 5.92 Å². The summed E-state index contributed by atoms with van der Waals surface area (Å²) in [6.07, 6.45) is -0.435. The molecule has 3 heterocycles. The lowest BCUT2D eigenvalue weighted by Crippen LogP contribution is -2.32. The molecule has 5 atom stereocenters. The minimum Gasteiger partial charge on any atom is -0.383 e. The quantitative estimate of drug-likeness (QED) is 0.585. The van der Waals surface area contributed by atoms with Crippen LogP contribution in [0.25, 0.3) is 0 Å². The second-order valence-corrected chi connectivity index (χ2v) is 4.11. The molecule has 3 saturated heterocycles. The number of methoxy groups -OCH3 is 1. The van der Waals surface area contributed by atoms with Crippen molar-refractivity contribution in [3.8, 4) is 0 Å². The number of aliphatic hydroxyl groups is 1. The Morgan fingerprint density at radius 1 is 1.64 bits per heavy atom. The maximum atomic E-state index is 11.6. The highest BCUT2D eigenvalue weighted by Crippen LogP contribution is 2.44. The third kappa shape index (κ3) is 0.827. The van der Waals surface area contributed by atoms with Gasteiger partial charge in [0.05, 0.1) is 18.1 Å². The molecular formula is C9H13NO4. The van der Waals surface area contributed by atoms with Crippen LogP contribution in [-0.4, -0.2) is 54.1 Å². The number of rotatable bonds is 1. The van der Waals surface area contributed by atoms with Gasteiger partial charge in [-0.1, -0.05) is 0 Å². The summed E-state index contributed by atoms with van der Waals surface area (Å²) < 4.78 is 10.7. The lowest BCUT2D eigenvalue weighted by molar-refractivity contribution is -0.155. The van der Waals surface area contributed by atoms with Gasteiger partial charge in [-0.05, 0) is 6.42 Å². The molecular weight excluding hydrogens is 186 g/mol. The summed E-state index contributed by atoms with van der Waals surface area (Å²) in [6, 6.07) is 0.0439. The van der Waals surface area contributed by atoms with Crippen molar-refractivity contribution < 1.29 is 19.4 Å². The average molecular weight is 199 g/mol. The fourth-order valence-electron chi connectivity index (χ4n) is 2.95. The highest BCUT2D eigenvalue weighted by Gasteiger charge is 2.62. The van der Waals surface area contributed by atoms with E-state index in [1.54, 1.807) is 12.0 Å². The van der Waals surface area contributed by atoms with Gasteiger partial charge < -0.3 is 19.5 Å². The molecule has 0 aromatic heterocycles. The molecule has 0 saturated carbocycles. The number of amides is 1. The largest absolute Gasteiger partial charge is 0.383 e. The fraction of sp³-hybridized carbons (Fsp3) is 0.889. The van der Waals surface area contributed by atoms with Crippen molar-refractivity contribution in [1.29, 1.82) is 0 Å². The van der Waals surface area contributed by atoms with Gasteiger partial charge in [-0.15, -0.1) is 0 Å². The highest BCUT2D eigenvalue weighted by atomic mass is 16.7. The molecule has 5 nitrogen and oxygen atoms in total. The van der Waals surface area contributed by atoms with E-state index >= 15 is 0 Å². The van der Waals surface area contributed by atoms with Crippen LogP contribution in [0.2, 0.25) is 0 Å². The third-order valence-electron chi connectivity index (χ3n) is 3.55. The van der Waals surface area contributed by atoms with Crippen molar-refractivity contribution in [1.82, 2.24) is 4.90 Å². The first-order valence-corrected chi connectivity index (χ1v) is 4.91. The van der Waals surface area contributed by atoms with E-state index < -0.39 is 12.4 Å². The Labute approximate surface area is 81.6 Å². The molecule has 0 aromatic rings. The smallest absolute Gasteiger partial charge is 0.252 e. The zero-order valence-corrected chi connectivity index (χ0v) is 7.92. The maximum Gasteiger partial charge on any atom is 0.252 e. The Bertz CT molecular complexity index is 282. The highest BCUT2D eigenvalue weighted by molar-refractivity contribution is 5.84. The zero-order valence-electron chi connectivity index (χ0n) is 7.92. The summed E-state index contributed by atoms with van der Waals surface area (Å²) in [5, 5.41) is 9.74. The molecule has 3 aliphatic heterocycles. The maximum absolute atomic E-state index is 11.6. The van der Waals surface area contributed by atoms with Crippen LogP contribution >= 0.6 is 0 Å². The monoisotopic (exact) mass is 199 g/mol. The first kappa shape index (κ1) is 8.64. The molecule has 3 rings (SSSR count). The van der Waals surface area contributed by atoms with Crippen molar-refractivity contribution in [2.24, 2.45) is 5.92 Å². The van der Waals surface area contributed by atoms with Crippen molar-refractivity contribution >= 4 is 5.91 Å². The van der Waals surface area contributed by atoms with Gasteiger partial charge in [-0.2, -0.15) is 0 Å². The van der Waals surface area contributed by atoms with Crippen molar-refractivity contribution in [2.75, 3.05) is 13.7 Å². The van der Waals surface area contributed by atoms with E-state index in [1.165, 1.54) is 0 Å². The number of aliphatic hydroxyl groups excluding tert-OH is 1. The van der Waals surface area contributed by atoms with Crippen molar-refractivity contribution in [3.05, 3.63) is 0 Å². The third-order valence-corrected chi connectivity index (χ3v) is 3.55. The molecule has 3 fully saturated rings. The van der Waals surface area contributed by atoms with Gasteiger partial charge in [0.15, 0.2) is 6.29 Å². The van der Waals surface area contributed by atoms with Gasteiger partial charge in [0.1, 0.15) is 6.10 Å². The summed E-state index contributed by atoms with van der Waals surface area (Å²) in [5.74, 6) is -0.354. The van der Waals surface area contributed by atoms with Crippen LogP contribution in [0.4, 0.5) is 0 Å². The molecule has 3 aliphatic rings. The van der Waals surface area contributed by atoms with Gasteiger partial charge in [-0.3, -0.25) is 4.79 Å². The first-order chi connectivity index (χ1) is 6.74. The SMILES string of the molecule is CO[C@@H]1O[C@@H]2CCN3C(=O)[C@H](O)[C@H]1[C@H]23. The molecule has 0 aliphatic carbocycles. The second-order valence-electron chi connectivity index (χ2n) is 4.11. The standard InChI is InChI=1S/C9H13NO4/c1-13-9-5-6-4(14-9)2-3-10(6)8(12)7(5)11/h4-7,9,11H,2-3H2,1H3/t4-,5-,6+,7-,9-/m1/s1. The molecule has 0 radical (unpaired) electrons. The van der Waals surface area contributed by atoms with E-state index in [0.29, 0.717) is 6.54 Å². The molecule has 0 aromatic carbocycles. The van der Waals surface area contributed by atoms with Crippen LogP contribution in [0.1, 0.15) is 6.42 Å².